The predicted octanol–water partition coefficient (Wildman–Crippen LogP) is 2.92. The molecular formula is C17H20N2O2. The molecule has 0 amide bonds. The van der Waals surface area contributed by atoms with Crippen molar-refractivity contribution in [3.05, 3.63) is 42.2 Å². The second kappa shape index (κ2) is 5.45. The molecule has 0 saturated carbocycles. The van der Waals surface area contributed by atoms with Crippen molar-refractivity contribution >= 4 is 16.7 Å². The molecule has 2 heterocycles. The fraction of sp³-hybridized carbons (Fsp3) is 0.412. The molecule has 2 aromatic rings. The molecule has 1 aliphatic rings. The first-order chi connectivity index (χ1) is 10.1. The number of hydrogen-bond donors (Lipinski definition) is 1. The summed E-state index contributed by atoms with van der Waals surface area (Å²) < 4.78 is 0. The summed E-state index contributed by atoms with van der Waals surface area (Å²) in [6.07, 6.45) is 5.19. The highest BCUT2D eigenvalue weighted by atomic mass is 16.4. The number of nitrogens with zero attached hydrogens (tertiary/aromatic N) is 2. The number of aliphatic carboxylic acids is 1. The van der Waals surface area contributed by atoms with Gasteiger partial charge in [-0.15, -0.1) is 0 Å². The number of carboxylic acids is 1. The number of hydrogen-bond acceptors (Lipinski definition) is 3. The van der Waals surface area contributed by atoms with Crippen molar-refractivity contribution in [2.24, 2.45) is 5.41 Å². The largest absolute Gasteiger partial charge is 0.481 e. The Morgan fingerprint density at radius 3 is 2.90 bits per heavy atom. The van der Waals surface area contributed by atoms with E-state index in [1.54, 1.807) is 0 Å². The van der Waals surface area contributed by atoms with E-state index in [2.05, 4.69) is 22.0 Å². The van der Waals surface area contributed by atoms with E-state index in [0.29, 0.717) is 13.0 Å². The monoisotopic (exact) mass is 284 g/mol. The quantitative estimate of drug-likeness (QED) is 0.938. The molecule has 4 heteroatoms. The van der Waals surface area contributed by atoms with Gasteiger partial charge in [0, 0.05) is 30.9 Å². The lowest BCUT2D eigenvalue weighted by molar-refractivity contribution is -0.148. The number of aromatic nitrogens is 1. The lowest BCUT2D eigenvalue weighted by Gasteiger charge is -2.23. The Hall–Kier alpha value is -1.94. The van der Waals surface area contributed by atoms with Crippen LogP contribution in [0.4, 0.5) is 0 Å². The van der Waals surface area contributed by atoms with E-state index in [-0.39, 0.29) is 0 Å². The molecule has 3 rings (SSSR count). The molecule has 0 spiro atoms. The Morgan fingerprint density at radius 1 is 1.38 bits per heavy atom. The minimum Gasteiger partial charge on any atom is -0.481 e. The standard InChI is InChI=1S/C17H20N2O2/c1-2-17(16(20)21)7-8-19(12-17)11-14-10-18-9-13-5-3-4-6-15(13)14/h3-6,9-10H,2,7-8,11-12H2,1H3,(H,20,21). The molecule has 110 valence electrons. The molecule has 1 saturated heterocycles. The zero-order valence-electron chi connectivity index (χ0n) is 12.2. The van der Waals surface area contributed by atoms with E-state index in [1.807, 2.05) is 31.5 Å². The lowest BCUT2D eigenvalue weighted by atomic mass is 9.84. The van der Waals surface area contributed by atoms with Crippen LogP contribution in [0.3, 0.4) is 0 Å². The van der Waals surface area contributed by atoms with E-state index in [1.165, 1.54) is 10.9 Å². The van der Waals surface area contributed by atoms with E-state index >= 15 is 0 Å². The van der Waals surface area contributed by atoms with Gasteiger partial charge in [-0.3, -0.25) is 14.7 Å². The fourth-order valence-corrected chi connectivity index (χ4v) is 3.25. The van der Waals surface area contributed by atoms with Crippen LogP contribution in [0.5, 0.6) is 0 Å². The lowest BCUT2D eigenvalue weighted by Crippen LogP contribution is -2.33. The highest BCUT2D eigenvalue weighted by Crippen LogP contribution is 2.35. The number of likely N-dealkylation sites (tertiary alicyclic amines) is 1. The van der Waals surface area contributed by atoms with Gasteiger partial charge in [-0.1, -0.05) is 31.2 Å². The molecule has 1 fully saturated rings. The zero-order chi connectivity index (χ0) is 14.9. The SMILES string of the molecule is CCC1(C(=O)O)CCN(Cc2cncc3ccccc23)C1. The topological polar surface area (TPSA) is 53.4 Å². The maximum Gasteiger partial charge on any atom is 0.310 e. The van der Waals surface area contributed by atoms with Crippen molar-refractivity contribution in [3.63, 3.8) is 0 Å². The summed E-state index contributed by atoms with van der Waals surface area (Å²) >= 11 is 0. The minimum atomic E-state index is -0.663. The Balaban J connectivity index is 1.83. The van der Waals surface area contributed by atoms with Crippen molar-refractivity contribution in [1.82, 2.24) is 9.88 Å². The van der Waals surface area contributed by atoms with Crippen LogP contribution < -0.4 is 0 Å². The van der Waals surface area contributed by atoms with Crippen molar-refractivity contribution in [2.45, 2.75) is 26.3 Å². The Morgan fingerprint density at radius 2 is 2.19 bits per heavy atom. The van der Waals surface area contributed by atoms with Crippen LogP contribution in [0, 0.1) is 5.41 Å². The van der Waals surface area contributed by atoms with Crippen LogP contribution in [-0.2, 0) is 11.3 Å². The molecule has 1 N–H and O–H groups in total. The van der Waals surface area contributed by atoms with E-state index in [9.17, 15) is 9.90 Å². The molecule has 1 atom stereocenters. The number of carbonyl (C=O) groups is 1. The normalized spacial score (nSPS) is 22.7. The first-order valence-corrected chi connectivity index (χ1v) is 7.42. The van der Waals surface area contributed by atoms with Crippen molar-refractivity contribution in [3.8, 4) is 0 Å². The van der Waals surface area contributed by atoms with Crippen LogP contribution in [0.2, 0.25) is 0 Å². The van der Waals surface area contributed by atoms with Gasteiger partial charge < -0.3 is 5.11 Å². The van der Waals surface area contributed by atoms with Gasteiger partial charge in [-0.2, -0.15) is 0 Å². The molecule has 1 aromatic heterocycles. The summed E-state index contributed by atoms with van der Waals surface area (Å²) in [5.74, 6) is -0.663. The zero-order valence-corrected chi connectivity index (χ0v) is 12.2. The van der Waals surface area contributed by atoms with Crippen LogP contribution in [-0.4, -0.2) is 34.0 Å². The fourth-order valence-electron chi connectivity index (χ4n) is 3.25. The van der Waals surface area contributed by atoms with Crippen LogP contribution in [0.1, 0.15) is 25.3 Å². The number of benzene rings is 1. The van der Waals surface area contributed by atoms with Gasteiger partial charge in [0.25, 0.3) is 0 Å². The third kappa shape index (κ3) is 2.51. The van der Waals surface area contributed by atoms with E-state index in [0.717, 1.165) is 24.9 Å². The minimum absolute atomic E-state index is 0.571. The van der Waals surface area contributed by atoms with Crippen molar-refractivity contribution in [1.29, 1.82) is 0 Å². The van der Waals surface area contributed by atoms with Crippen LogP contribution >= 0.6 is 0 Å². The third-order valence-corrected chi connectivity index (χ3v) is 4.71. The number of carboxylic acid groups (broad SMARTS) is 1. The maximum absolute atomic E-state index is 11.5. The van der Waals surface area contributed by atoms with Gasteiger partial charge in [0.2, 0.25) is 0 Å². The van der Waals surface area contributed by atoms with Crippen molar-refractivity contribution in [2.75, 3.05) is 13.1 Å². The Bertz CT molecular complexity index is 665. The molecule has 21 heavy (non-hydrogen) atoms. The molecule has 0 aliphatic carbocycles. The predicted molar refractivity (Wildman–Crippen MR) is 82.0 cm³/mol. The number of pyridine rings is 1. The van der Waals surface area contributed by atoms with Crippen LogP contribution in [0.25, 0.3) is 10.8 Å². The summed E-state index contributed by atoms with van der Waals surface area (Å²) in [6.45, 7) is 4.20. The summed E-state index contributed by atoms with van der Waals surface area (Å²) in [5, 5.41) is 11.8. The summed E-state index contributed by atoms with van der Waals surface area (Å²) in [7, 11) is 0. The molecule has 1 aromatic carbocycles. The average molecular weight is 284 g/mol. The first-order valence-electron chi connectivity index (χ1n) is 7.42. The maximum atomic E-state index is 11.5. The molecule has 1 aliphatic heterocycles. The van der Waals surface area contributed by atoms with E-state index < -0.39 is 11.4 Å². The highest BCUT2D eigenvalue weighted by molar-refractivity contribution is 5.84. The van der Waals surface area contributed by atoms with E-state index in [4.69, 9.17) is 0 Å². The molecule has 0 bridgehead atoms. The first kappa shape index (κ1) is 14.0. The summed E-state index contributed by atoms with van der Waals surface area (Å²) in [6, 6.07) is 8.20. The van der Waals surface area contributed by atoms with Gasteiger partial charge >= 0.3 is 5.97 Å². The van der Waals surface area contributed by atoms with Crippen LogP contribution in [0.15, 0.2) is 36.7 Å². The van der Waals surface area contributed by atoms with Crippen molar-refractivity contribution < 1.29 is 9.90 Å². The number of fused-ring (bicyclic) bond motifs is 1. The molecule has 0 radical (unpaired) electrons. The molecule has 4 nitrogen and oxygen atoms in total. The van der Waals surface area contributed by atoms with Gasteiger partial charge in [-0.25, -0.2) is 0 Å². The highest BCUT2D eigenvalue weighted by Gasteiger charge is 2.43. The second-order valence-electron chi connectivity index (χ2n) is 5.92. The molecular weight excluding hydrogens is 264 g/mol. The summed E-state index contributed by atoms with van der Waals surface area (Å²) in [4.78, 5) is 18.1. The Kier molecular flexibility index (Phi) is 3.64. The molecule has 1 unspecified atom stereocenters. The van der Waals surface area contributed by atoms with Gasteiger partial charge in [-0.05, 0) is 30.3 Å². The third-order valence-electron chi connectivity index (χ3n) is 4.71. The second-order valence-corrected chi connectivity index (χ2v) is 5.92. The van der Waals surface area contributed by atoms with Gasteiger partial charge in [0.05, 0.1) is 5.41 Å². The van der Waals surface area contributed by atoms with Gasteiger partial charge in [0.1, 0.15) is 0 Å². The summed E-state index contributed by atoms with van der Waals surface area (Å²) in [5.41, 5.74) is 0.600. The van der Waals surface area contributed by atoms with Gasteiger partial charge in [0.15, 0.2) is 0 Å². The number of rotatable bonds is 4. The smallest absolute Gasteiger partial charge is 0.310 e. The average Bonchev–Trinajstić information content (AvgIpc) is 2.92. The Labute approximate surface area is 124 Å².